The summed E-state index contributed by atoms with van der Waals surface area (Å²) in [5.74, 6) is 5.98. The Morgan fingerprint density at radius 1 is 0.929 bits per heavy atom. The Kier molecular flexibility index (Phi) is 10.4. The molecular formula is C32H36N4O6. The molecule has 2 aliphatic heterocycles. The first-order valence-corrected chi connectivity index (χ1v) is 14.2. The van der Waals surface area contributed by atoms with Gasteiger partial charge < -0.3 is 29.4 Å². The number of carbonyl (C=O) groups excluding carboxylic acids is 1. The Morgan fingerprint density at radius 2 is 1.57 bits per heavy atom. The van der Waals surface area contributed by atoms with E-state index < -0.39 is 5.91 Å². The van der Waals surface area contributed by atoms with E-state index in [1.54, 1.807) is 7.11 Å². The fourth-order valence-electron chi connectivity index (χ4n) is 4.71. The predicted octanol–water partition coefficient (Wildman–Crippen LogP) is 3.06. The maximum Gasteiger partial charge on any atom is 0.318 e. The van der Waals surface area contributed by atoms with Crippen molar-refractivity contribution in [3.05, 3.63) is 70.9 Å². The second kappa shape index (κ2) is 14.8. The third-order valence-electron chi connectivity index (χ3n) is 7.02. The molecule has 0 radical (unpaired) electrons. The van der Waals surface area contributed by atoms with Gasteiger partial charge in [0.05, 0.1) is 33.0 Å². The van der Waals surface area contributed by atoms with Crippen LogP contribution in [0.15, 0.2) is 48.5 Å². The number of primary amides is 1. The van der Waals surface area contributed by atoms with Crippen LogP contribution in [0.2, 0.25) is 0 Å². The van der Waals surface area contributed by atoms with E-state index in [1.165, 1.54) is 5.56 Å². The topological polar surface area (TPSA) is 118 Å². The lowest BCUT2D eigenvalue weighted by molar-refractivity contribution is 0.0250. The fourth-order valence-corrected chi connectivity index (χ4v) is 4.71. The van der Waals surface area contributed by atoms with Crippen molar-refractivity contribution in [1.82, 2.24) is 14.9 Å². The minimum Gasteiger partial charge on any atom is -0.485 e. The zero-order chi connectivity index (χ0) is 29.1. The Hall–Kier alpha value is -4.01. The van der Waals surface area contributed by atoms with Crippen molar-refractivity contribution >= 4 is 5.91 Å². The van der Waals surface area contributed by atoms with Crippen LogP contribution < -0.4 is 15.2 Å². The summed E-state index contributed by atoms with van der Waals surface area (Å²) in [5.41, 5.74) is 9.88. The molecule has 10 heteroatoms. The van der Waals surface area contributed by atoms with Crippen LogP contribution in [0.3, 0.4) is 0 Å². The van der Waals surface area contributed by atoms with Gasteiger partial charge in [0.1, 0.15) is 18.4 Å². The second-order valence-electron chi connectivity index (χ2n) is 10.1. The average Bonchev–Trinajstić information content (AvgIpc) is 3.02. The van der Waals surface area contributed by atoms with E-state index in [-0.39, 0.29) is 30.2 Å². The molecule has 2 aromatic carbocycles. The van der Waals surface area contributed by atoms with Crippen LogP contribution in [0.4, 0.5) is 0 Å². The van der Waals surface area contributed by atoms with Crippen LogP contribution in [0, 0.1) is 11.8 Å². The smallest absolute Gasteiger partial charge is 0.318 e. The highest BCUT2D eigenvalue weighted by Gasteiger charge is 2.26. The van der Waals surface area contributed by atoms with Crippen LogP contribution in [0.1, 0.15) is 40.0 Å². The number of nitrogens with two attached hydrogens (primary N) is 1. The summed E-state index contributed by atoms with van der Waals surface area (Å²) < 4.78 is 27.9. The number of carbonyl (C=O) groups is 1. The Morgan fingerprint density at radius 3 is 2.21 bits per heavy atom. The van der Waals surface area contributed by atoms with Crippen LogP contribution in [0.5, 0.6) is 11.8 Å². The molecule has 3 heterocycles. The summed E-state index contributed by atoms with van der Waals surface area (Å²) in [7, 11) is 1.57. The number of hydrogen-bond donors (Lipinski definition) is 1. The van der Waals surface area contributed by atoms with E-state index in [1.807, 2.05) is 24.3 Å². The van der Waals surface area contributed by atoms with E-state index in [9.17, 15) is 4.79 Å². The molecule has 2 fully saturated rings. The van der Waals surface area contributed by atoms with Gasteiger partial charge >= 0.3 is 6.01 Å². The molecule has 0 bridgehead atoms. The Bertz CT molecular complexity index is 1390. The number of aromatic nitrogens is 2. The number of methoxy groups -OCH3 is 1. The number of rotatable bonds is 10. The molecule has 0 unspecified atom stereocenters. The minimum absolute atomic E-state index is 0.0242. The lowest BCUT2D eigenvalue weighted by atomic mass is 10.1. The molecule has 2 saturated heterocycles. The lowest BCUT2D eigenvalue weighted by Crippen LogP contribution is -2.35. The van der Waals surface area contributed by atoms with Crippen molar-refractivity contribution in [3.8, 4) is 34.9 Å². The number of morpholine rings is 1. The molecule has 2 N–H and O–H groups in total. The quantitative estimate of drug-likeness (QED) is 0.289. The van der Waals surface area contributed by atoms with Crippen molar-refractivity contribution in [2.24, 2.45) is 5.73 Å². The van der Waals surface area contributed by atoms with Crippen molar-refractivity contribution in [3.63, 3.8) is 0 Å². The van der Waals surface area contributed by atoms with Gasteiger partial charge in [-0.05, 0) is 29.8 Å². The fraction of sp³-hybridized carbons (Fsp3) is 0.406. The van der Waals surface area contributed by atoms with Crippen molar-refractivity contribution in [1.29, 1.82) is 0 Å². The maximum atomic E-state index is 12.4. The number of benzene rings is 2. The molecule has 1 amide bonds. The van der Waals surface area contributed by atoms with Crippen molar-refractivity contribution in [2.75, 3.05) is 59.8 Å². The molecular weight excluding hydrogens is 536 g/mol. The van der Waals surface area contributed by atoms with Gasteiger partial charge in [-0.1, -0.05) is 36.1 Å². The number of hydrogen-bond acceptors (Lipinski definition) is 9. The largest absolute Gasteiger partial charge is 0.485 e. The zero-order valence-corrected chi connectivity index (χ0v) is 23.8. The first-order chi connectivity index (χ1) is 20.6. The van der Waals surface area contributed by atoms with E-state index >= 15 is 0 Å². The van der Waals surface area contributed by atoms with Gasteiger partial charge in [0, 0.05) is 56.3 Å². The van der Waals surface area contributed by atoms with Crippen molar-refractivity contribution in [2.45, 2.75) is 25.5 Å². The van der Waals surface area contributed by atoms with Gasteiger partial charge in [-0.25, -0.2) is 0 Å². The van der Waals surface area contributed by atoms with Crippen LogP contribution in [-0.4, -0.2) is 86.7 Å². The van der Waals surface area contributed by atoms with Gasteiger partial charge in [0.15, 0.2) is 11.4 Å². The molecule has 1 aromatic heterocycles. The number of amides is 1. The molecule has 0 aliphatic carbocycles. The lowest BCUT2D eigenvalue weighted by Gasteiger charge is -2.26. The SMILES string of the molecule is COCCOc1nc(C(N)=O)c(OC2CCOCC2)c(-c2ccc(C#Cc3ccc(CN4CCOCC4)cc3)cc2)n1. The monoisotopic (exact) mass is 572 g/mol. The summed E-state index contributed by atoms with van der Waals surface area (Å²) in [4.78, 5) is 23.7. The standard InChI is InChI=1S/C32H36N4O6/c1-38-20-21-41-32-34-28(30(29(35-32)31(33)37)42-27-12-16-39-17-13-27)26-10-8-24(9-11-26)3-2-23-4-6-25(7-5-23)22-36-14-18-40-19-15-36/h4-11,27H,12-22H2,1H3,(H2,33,37). The first kappa shape index (κ1) is 29.5. The minimum atomic E-state index is -0.726. The zero-order valence-electron chi connectivity index (χ0n) is 23.8. The molecule has 0 atom stereocenters. The molecule has 5 rings (SSSR count). The molecule has 0 saturated carbocycles. The molecule has 2 aliphatic rings. The summed E-state index contributed by atoms with van der Waals surface area (Å²) in [5, 5.41) is 0. The third kappa shape index (κ3) is 8.05. The van der Waals surface area contributed by atoms with Crippen molar-refractivity contribution < 1.29 is 28.5 Å². The first-order valence-electron chi connectivity index (χ1n) is 14.2. The average molecular weight is 573 g/mol. The molecule has 0 spiro atoms. The highest BCUT2D eigenvalue weighted by atomic mass is 16.5. The highest BCUT2D eigenvalue weighted by Crippen LogP contribution is 2.34. The summed E-state index contributed by atoms with van der Waals surface area (Å²) in [6.07, 6.45) is 1.23. The van der Waals surface area contributed by atoms with E-state index in [4.69, 9.17) is 29.4 Å². The van der Waals surface area contributed by atoms with Gasteiger partial charge in [0.2, 0.25) is 0 Å². The maximum absolute atomic E-state index is 12.4. The van der Waals surface area contributed by atoms with Gasteiger partial charge in [-0.15, -0.1) is 0 Å². The van der Waals surface area contributed by atoms with Gasteiger partial charge in [-0.3, -0.25) is 9.69 Å². The van der Waals surface area contributed by atoms with Gasteiger partial charge in [0.25, 0.3) is 5.91 Å². The van der Waals surface area contributed by atoms with Crippen LogP contribution in [-0.2, 0) is 20.8 Å². The van der Waals surface area contributed by atoms with Crippen LogP contribution in [0.25, 0.3) is 11.3 Å². The normalized spacial score (nSPS) is 15.9. The summed E-state index contributed by atoms with van der Waals surface area (Å²) in [6, 6.07) is 16.0. The summed E-state index contributed by atoms with van der Waals surface area (Å²) in [6.45, 7) is 6.14. The second-order valence-corrected chi connectivity index (χ2v) is 10.1. The molecule has 3 aromatic rings. The van der Waals surface area contributed by atoms with E-state index in [0.29, 0.717) is 38.4 Å². The predicted molar refractivity (Wildman–Crippen MR) is 156 cm³/mol. The van der Waals surface area contributed by atoms with E-state index in [0.717, 1.165) is 49.5 Å². The van der Waals surface area contributed by atoms with Crippen LogP contribution >= 0.6 is 0 Å². The number of ether oxygens (including phenoxy) is 5. The molecule has 10 nitrogen and oxygen atoms in total. The summed E-state index contributed by atoms with van der Waals surface area (Å²) >= 11 is 0. The molecule has 42 heavy (non-hydrogen) atoms. The highest BCUT2D eigenvalue weighted by molar-refractivity contribution is 5.96. The Balaban J connectivity index is 1.36. The van der Waals surface area contributed by atoms with Gasteiger partial charge in [-0.2, -0.15) is 9.97 Å². The molecule has 220 valence electrons. The Labute approximate surface area is 246 Å². The third-order valence-corrected chi connectivity index (χ3v) is 7.02. The van der Waals surface area contributed by atoms with E-state index in [2.05, 4.69) is 51.0 Å². The number of nitrogens with zero attached hydrogens (tertiary/aromatic N) is 3.